The van der Waals surface area contributed by atoms with Gasteiger partial charge in [-0.25, -0.2) is 21.6 Å². The lowest BCUT2D eigenvalue weighted by Gasteiger charge is -2.12. The highest BCUT2D eigenvalue weighted by molar-refractivity contribution is 7.92. The summed E-state index contributed by atoms with van der Waals surface area (Å²) in [5, 5.41) is 0. The second kappa shape index (κ2) is 7.14. The average molecular weight is 434 g/mol. The molecule has 0 bridgehead atoms. The van der Waals surface area contributed by atoms with Crippen LogP contribution in [0.1, 0.15) is 11.1 Å². The van der Waals surface area contributed by atoms with Crippen LogP contribution in [-0.2, 0) is 16.2 Å². The Kier molecular flexibility index (Phi) is 5.11. The molecule has 29 heavy (non-hydrogen) atoms. The van der Waals surface area contributed by atoms with Crippen molar-refractivity contribution in [3.8, 4) is 11.3 Å². The highest BCUT2D eigenvalue weighted by Gasteiger charge is 2.35. The summed E-state index contributed by atoms with van der Waals surface area (Å²) in [4.78, 5) is 2.11. The summed E-state index contributed by atoms with van der Waals surface area (Å²) in [6.45, 7) is 1.70. The smallest absolute Gasteiger partial charge is 0.360 e. The molecule has 4 nitrogen and oxygen atoms in total. The fourth-order valence-corrected chi connectivity index (χ4v) is 3.63. The van der Waals surface area contributed by atoms with E-state index in [0.29, 0.717) is 5.56 Å². The third kappa shape index (κ3) is 4.24. The van der Waals surface area contributed by atoms with Crippen LogP contribution < -0.4 is 4.72 Å². The lowest BCUT2D eigenvalue weighted by atomic mass is 10.1. The summed E-state index contributed by atoms with van der Waals surface area (Å²) < 4.78 is 106. The molecule has 0 aliphatic heterocycles. The number of hydrogen-bond acceptors (Lipinski definition) is 2. The van der Waals surface area contributed by atoms with Gasteiger partial charge in [-0.2, -0.15) is 13.2 Å². The largest absolute Gasteiger partial charge is 0.419 e. The van der Waals surface area contributed by atoms with Gasteiger partial charge in [0.25, 0.3) is 10.0 Å². The number of sulfonamides is 1. The number of halogens is 6. The SMILES string of the molecule is Cc1ccc(F)c(-c2cc(S(=O)(=O)Nc3cc(F)c(C(F)(F)F)cc3F)c[nH]2)c1. The standard InChI is InChI=1S/C18H12F6N2O2S/c1-9-2-3-13(19)11(4-9)16-5-10(8-25-16)29(27,28)26-17-7-14(20)12(6-15(17)21)18(22,23)24/h2-8,25-26H,1H3. The molecule has 0 saturated heterocycles. The maximum absolute atomic E-state index is 14.0. The van der Waals surface area contributed by atoms with Crippen molar-refractivity contribution in [3.05, 3.63) is 71.2 Å². The van der Waals surface area contributed by atoms with Gasteiger partial charge in [0.05, 0.1) is 11.3 Å². The predicted octanol–water partition coefficient (Wildman–Crippen LogP) is 5.23. The highest BCUT2D eigenvalue weighted by Crippen LogP contribution is 2.34. The van der Waals surface area contributed by atoms with Crippen molar-refractivity contribution in [3.63, 3.8) is 0 Å². The number of benzene rings is 2. The first-order chi connectivity index (χ1) is 13.4. The van der Waals surface area contributed by atoms with E-state index >= 15 is 0 Å². The molecular formula is C18H12F6N2O2S. The van der Waals surface area contributed by atoms with E-state index < -0.39 is 49.8 Å². The van der Waals surface area contributed by atoms with Gasteiger partial charge in [-0.1, -0.05) is 11.6 Å². The Balaban J connectivity index is 1.94. The lowest BCUT2D eigenvalue weighted by Crippen LogP contribution is -2.15. The molecule has 0 fully saturated rings. The molecule has 0 unspecified atom stereocenters. The van der Waals surface area contributed by atoms with Gasteiger partial charge in [-0.15, -0.1) is 0 Å². The predicted molar refractivity (Wildman–Crippen MR) is 93.1 cm³/mol. The van der Waals surface area contributed by atoms with E-state index in [9.17, 15) is 34.8 Å². The third-order valence-corrected chi connectivity index (χ3v) is 5.33. The van der Waals surface area contributed by atoms with Crippen LogP contribution in [-0.4, -0.2) is 13.4 Å². The molecule has 154 valence electrons. The maximum atomic E-state index is 14.0. The Morgan fingerprint density at radius 1 is 0.931 bits per heavy atom. The van der Waals surface area contributed by atoms with Gasteiger partial charge in [0, 0.05) is 23.5 Å². The molecule has 3 rings (SSSR count). The van der Waals surface area contributed by atoms with Crippen molar-refractivity contribution >= 4 is 15.7 Å². The maximum Gasteiger partial charge on any atom is 0.419 e. The van der Waals surface area contributed by atoms with Crippen LogP contribution in [0.2, 0.25) is 0 Å². The minimum Gasteiger partial charge on any atom is -0.360 e. The zero-order valence-electron chi connectivity index (χ0n) is 14.5. The molecule has 1 aromatic heterocycles. The summed E-state index contributed by atoms with van der Waals surface area (Å²) in [7, 11) is -4.50. The number of hydrogen-bond donors (Lipinski definition) is 2. The van der Waals surface area contributed by atoms with Crippen LogP contribution in [0.4, 0.5) is 32.0 Å². The van der Waals surface area contributed by atoms with E-state index in [1.165, 1.54) is 18.2 Å². The Morgan fingerprint density at radius 3 is 2.28 bits per heavy atom. The molecule has 0 saturated carbocycles. The average Bonchev–Trinajstić information content (AvgIpc) is 3.09. The van der Waals surface area contributed by atoms with E-state index in [2.05, 4.69) is 4.98 Å². The number of rotatable bonds is 4. The van der Waals surface area contributed by atoms with Gasteiger partial charge in [0.1, 0.15) is 22.3 Å². The van der Waals surface area contributed by atoms with Crippen molar-refractivity contribution in [2.75, 3.05) is 4.72 Å². The normalized spacial score (nSPS) is 12.2. The molecule has 0 atom stereocenters. The molecule has 0 radical (unpaired) electrons. The van der Waals surface area contributed by atoms with E-state index in [-0.39, 0.29) is 23.4 Å². The van der Waals surface area contributed by atoms with Gasteiger partial charge in [0.2, 0.25) is 0 Å². The molecule has 0 aliphatic rings. The van der Waals surface area contributed by atoms with Gasteiger partial charge >= 0.3 is 6.18 Å². The van der Waals surface area contributed by atoms with Crippen LogP contribution in [0.3, 0.4) is 0 Å². The molecule has 1 heterocycles. The number of anilines is 1. The number of H-pyrrole nitrogens is 1. The molecule has 11 heteroatoms. The number of aryl methyl sites for hydroxylation is 1. The molecular weight excluding hydrogens is 422 g/mol. The van der Waals surface area contributed by atoms with Crippen LogP contribution in [0.5, 0.6) is 0 Å². The zero-order chi connectivity index (χ0) is 21.6. The summed E-state index contributed by atoms with van der Waals surface area (Å²) in [5.74, 6) is -4.07. The molecule has 0 spiro atoms. The topological polar surface area (TPSA) is 62.0 Å². The fourth-order valence-electron chi connectivity index (χ4n) is 2.58. The zero-order valence-corrected chi connectivity index (χ0v) is 15.4. The lowest BCUT2D eigenvalue weighted by molar-refractivity contribution is -0.140. The van der Waals surface area contributed by atoms with E-state index in [1.54, 1.807) is 11.6 Å². The Bertz CT molecular complexity index is 1190. The summed E-state index contributed by atoms with van der Waals surface area (Å²) >= 11 is 0. The Morgan fingerprint density at radius 2 is 1.62 bits per heavy atom. The molecule has 3 aromatic rings. The molecule has 0 aliphatic carbocycles. The quantitative estimate of drug-likeness (QED) is 0.553. The minimum atomic E-state index is -5.14. The monoisotopic (exact) mass is 434 g/mol. The van der Waals surface area contributed by atoms with Crippen LogP contribution in [0.25, 0.3) is 11.3 Å². The van der Waals surface area contributed by atoms with Crippen molar-refractivity contribution in [2.45, 2.75) is 18.0 Å². The molecule has 2 N–H and O–H groups in total. The Hall–Kier alpha value is -2.95. The van der Waals surface area contributed by atoms with Crippen LogP contribution >= 0.6 is 0 Å². The number of aromatic amines is 1. The van der Waals surface area contributed by atoms with E-state index in [0.717, 1.165) is 12.3 Å². The fraction of sp³-hybridized carbons (Fsp3) is 0.111. The van der Waals surface area contributed by atoms with Crippen LogP contribution in [0, 0.1) is 24.4 Å². The second-order valence-electron chi connectivity index (χ2n) is 6.15. The van der Waals surface area contributed by atoms with Crippen molar-refractivity contribution < 1.29 is 34.8 Å². The molecule has 2 aromatic carbocycles. The van der Waals surface area contributed by atoms with Crippen molar-refractivity contribution in [1.82, 2.24) is 4.98 Å². The third-order valence-electron chi connectivity index (χ3n) is 3.99. The number of aromatic nitrogens is 1. The van der Waals surface area contributed by atoms with E-state index in [4.69, 9.17) is 0 Å². The first-order valence-corrected chi connectivity index (χ1v) is 9.41. The second-order valence-corrected chi connectivity index (χ2v) is 7.83. The number of alkyl halides is 3. The van der Waals surface area contributed by atoms with Gasteiger partial charge in [0.15, 0.2) is 0 Å². The first-order valence-electron chi connectivity index (χ1n) is 7.92. The van der Waals surface area contributed by atoms with Crippen LogP contribution in [0.15, 0.2) is 47.5 Å². The summed E-state index contributed by atoms with van der Waals surface area (Å²) in [6, 6.07) is 5.19. The van der Waals surface area contributed by atoms with Gasteiger partial charge in [-0.3, -0.25) is 4.72 Å². The summed E-state index contributed by atoms with van der Waals surface area (Å²) in [5.41, 5.74) is -1.97. The minimum absolute atomic E-state index is 0.0817. The van der Waals surface area contributed by atoms with Gasteiger partial charge < -0.3 is 4.98 Å². The Labute approximate surface area is 161 Å². The van der Waals surface area contributed by atoms with Crippen molar-refractivity contribution in [1.29, 1.82) is 0 Å². The molecule has 0 amide bonds. The van der Waals surface area contributed by atoms with Crippen molar-refractivity contribution in [2.24, 2.45) is 0 Å². The van der Waals surface area contributed by atoms with E-state index in [1.807, 2.05) is 0 Å². The number of nitrogens with one attached hydrogen (secondary N) is 2. The summed E-state index contributed by atoms with van der Waals surface area (Å²) in [6.07, 6.45) is -4.16. The van der Waals surface area contributed by atoms with Gasteiger partial charge in [-0.05, 0) is 31.2 Å². The first kappa shape index (κ1) is 20.8. The highest BCUT2D eigenvalue weighted by atomic mass is 32.2.